The quantitative estimate of drug-likeness (QED) is 0.413. The van der Waals surface area contributed by atoms with Gasteiger partial charge in [-0.3, -0.25) is 13.9 Å². The van der Waals surface area contributed by atoms with Crippen molar-refractivity contribution in [3.8, 4) is 5.75 Å². The third-order valence-electron chi connectivity index (χ3n) is 5.92. The number of anilines is 1. The Bertz CT molecular complexity index is 1310. The first kappa shape index (κ1) is 27.7. The lowest BCUT2D eigenvalue weighted by atomic mass is 10.1. The Balaban J connectivity index is 2.02. The van der Waals surface area contributed by atoms with Crippen LogP contribution in [0.5, 0.6) is 5.75 Å². The first-order chi connectivity index (χ1) is 17.7. The monoisotopic (exact) mass is 523 g/mol. The summed E-state index contributed by atoms with van der Waals surface area (Å²) in [5.41, 5.74) is 2.16. The molecule has 0 heterocycles. The van der Waals surface area contributed by atoms with E-state index in [4.69, 9.17) is 4.74 Å². The van der Waals surface area contributed by atoms with Gasteiger partial charge in [0.25, 0.3) is 10.0 Å². The first-order valence-electron chi connectivity index (χ1n) is 12.0. The molecule has 1 atom stereocenters. The van der Waals surface area contributed by atoms with Crippen molar-refractivity contribution in [2.24, 2.45) is 0 Å². The minimum atomic E-state index is -4.09. The Hall–Kier alpha value is -3.85. The molecule has 0 aromatic heterocycles. The largest absolute Gasteiger partial charge is 0.497 e. The van der Waals surface area contributed by atoms with Gasteiger partial charge in [-0.05, 0) is 62.7 Å². The fourth-order valence-electron chi connectivity index (χ4n) is 3.91. The molecule has 37 heavy (non-hydrogen) atoms. The molecular formula is C28H33N3O5S. The maximum atomic E-state index is 13.8. The number of likely N-dealkylation sites (N-methyl/N-ethyl adjacent to an activating group) is 1. The zero-order chi connectivity index (χ0) is 27.0. The lowest BCUT2D eigenvalue weighted by molar-refractivity contribution is -0.139. The summed E-state index contributed by atoms with van der Waals surface area (Å²) in [6.07, 6.45) is 0. The van der Waals surface area contributed by atoms with Crippen LogP contribution in [0, 0.1) is 6.92 Å². The second-order valence-corrected chi connectivity index (χ2v) is 10.5. The average molecular weight is 524 g/mol. The molecule has 9 heteroatoms. The molecule has 0 saturated carbocycles. The van der Waals surface area contributed by atoms with Crippen LogP contribution in [0.2, 0.25) is 0 Å². The zero-order valence-electron chi connectivity index (χ0n) is 21.5. The molecule has 196 valence electrons. The third-order valence-corrected chi connectivity index (χ3v) is 7.71. The molecule has 0 fully saturated rings. The molecule has 0 spiro atoms. The maximum Gasteiger partial charge on any atom is 0.264 e. The van der Waals surface area contributed by atoms with Crippen LogP contribution in [0.15, 0.2) is 83.8 Å². The van der Waals surface area contributed by atoms with E-state index in [0.29, 0.717) is 18.0 Å². The van der Waals surface area contributed by atoms with Crippen molar-refractivity contribution in [3.63, 3.8) is 0 Å². The number of rotatable bonds is 11. The van der Waals surface area contributed by atoms with Crippen molar-refractivity contribution in [2.75, 3.05) is 24.5 Å². The molecule has 0 radical (unpaired) electrons. The topological polar surface area (TPSA) is 96.0 Å². The molecule has 0 aliphatic carbocycles. The summed E-state index contributed by atoms with van der Waals surface area (Å²) in [4.78, 5) is 28.0. The highest BCUT2D eigenvalue weighted by Crippen LogP contribution is 2.26. The number of nitrogens with zero attached hydrogens (tertiary/aromatic N) is 2. The molecule has 0 aliphatic rings. The van der Waals surface area contributed by atoms with E-state index in [1.165, 1.54) is 24.1 Å². The number of hydrogen-bond donors (Lipinski definition) is 1. The second kappa shape index (κ2) is 12.4. The van der Waals surface area contributed by atoms with Gasteiger partial charge in [-0.2, -0.15) is 0 Å². The number of carbonyl (C=O) groups is 2. The van der Waals surface area contributed by atoms with Gasteiger partial charge in [0.05, 0.1) is 17.7 Å². The van der Waals surface area contributed by atoms with Crippen LogP contribution < -0.4 is 14.4 Å². The van der Waals surface area contributed by atoms with Crippen LogP contribution >= 0.6 is 0 Å². The summed E-state index contributed by atoms with van der Waals surface area (Å²) in [5, 5.41) is 2.75. The Morgan fingerprint density at radius 3 is 2.24 bits per heavy atom. The highest BCUT2D eigenvalue weighted by molar-refractivity contribution is 7.92. The van der Waals surface area contributed by atoms with Gasteiger partial charge in [0.15, 0.2) is 0 Å². The number of benzene rings is 3. The Morgan fingerprint density at radius 1 is 0.973 bits per heavy atom. The van der Waals surface area contributed by atoms with Crippen LogP contribution in [0.25, 0.3) is 0 Å². The molecule has 2 amide bonds. The third kappa shape index (κ3) is 6.89. The Morgan fingerprint density at radius 2 is 1.65 bits per heavy atom. The van der Waals surface area contributed by atoms with Crippen molar-refractivity contribution < 1.29 is 22.7 Å². The number of aryl methyl sites for hydroxylation is 1. The minimum Gasteiger partial charge on any atom is -0.497 e. The number of amides is 2. The number of sulfonamides is 1. The average Bonchev–Trinajstić information content (AvgIpc) is 2.90. The highest BCUT2D eigenvalue weighted by atomic mass is 32.2. The van der Waals surface area contributed by atoms with Gasteiger partial charge in [0, 0.05) is 13.1 Å². The lowest BCUT2D eigenvalue weighted by Crippen LogP contribution is -2.51. The molecule has 3 rings (SSSR count). The smallest absolute Gasteiger partial charge is 0.264 e. The summed E-state index contributed by atoms with van der Waals surface area (Å²) < 4.78 is 33.7. The second-order valence-electron chi connectivity index (χ2n) is 8.60. The van der Waals surface area contributed by atoms with Gasteiger partial charge in [-0.25, -0.2) is 8.42 Å². The number of nitrogens with one attached hydrogen (secondary N) is 1. The molecule has 3 aromatic rings. The summed E-state index contributed by atoms with van der Waals surface area (Å²) in [6.45, 7) is 5.47. The highest BCUT2D eigenvalue weighted by Gasteiger charge is 2.32. The van der Waals surface area contributed by atoms with Crippen LogP contribution in [0.4, 0.5) is 5.69 Å². The van der Waals surface area contributed by atoms with Crippen molar-refractivity contribution >= 4 is 27.5 Å². The van der Waals surface area contributed by atoms with E-state index in [-0.39, 0.29) is 17.3 Å². The van der Waals surface area contributed by atoms with Crippen LogP contribution in [0.3, 0.4) is 0 Å². The molecule has 3 aromatic carbocycles. The van der Waals surface area contributed by atoms with Gasteiger partial charge in [0.1, 0.15) is 18.3 Å². The molecule has 0 unspecified atom stereocenters. The summed E-state index contributed by atoms with van der Waals surface area (Å²) in [5.74, 6) is -0.265. The minimum absolute atomic E-state index is 0.0561. The normalized spacial score (nSPS) is 11.9. The van der Waals surface area contributed by atoms with Crippen LogP contribution in [0.1, 0.15) is 25.0 Å². The van der Waals surface area contributed by atoms with E-state index in [0.717, 1.165) is 15.4 Å². The van der Waals surface area contributed by atoms with Gasteiger partial charge < -0.3 is 15.0 Å². The lowest BCUT2D eigenvalue weighted by Gasteiger charge is -2.32. The number of carbonyl (C=O) groups excluding carboxylic acids is 2. The summed E-state index contributed by atoms with van der Waals surface area (Å²) >= 11 is 0. The van der Waals surface area contributed by atoms with Crippen LogP contribution in [-0.2, 0) is 26.2 Å². The zero-order valence-corrected chi connectivity index (χ0v) is 22.4. The standard InChI is InChI=1S/C28H33N3O5S/c1-5-29-28(33)22(3)30(19-23-11-9-10-21(2)18-23)27(32)20-31(24-14-16-25(36-4)17-15-24)37(34,35)26-12-7-6-8-13-26/h6-18,22H,5,19-20H2,1-4H3,(H,29,33)/t22-/m1/s1. The first-order valence-corrected chi connectivity index (χ1v) is 13.5. The summed E-state index contributed by atoms with van der Waals surface area (Å²) in [6, 6.07) is 21.2. The van der Waals surface area contributed by atoms with Gasteiger partial charge in [0.2, 0.25) is 11.8 Å². The fraction of sp³-hybridized carbons (Fsp3) is 0.286. The van der Waals surface area contributed by atoms with Crippen molar-refractivity contribution in [1.29, 1.82) is 0 Å². The van der Waals surface area contributed by atoms with Gasteiger partial charge in [-0.1, -0.05) is 48.0 Å². The predicted octanol–water partition coefficient (Wildman–Crippen LogP) is 3.75. The number of hydrogen-bond acceptors (Lipinski definition) is 5. The molecular weight excluding hydrogens is 490 g/mol. The molecule has 0 aliphatic heterocycles. The Labute approximate surface area is 218 Å². The predicted molar refractivity (Wildman–Crippen MR) is 144 cm³/mol. The fourth-order valence-corrected chi connectivity index (χ4v) is 5.34. The maximum absolute atomic E-state index is 13.8. The molecule has 1 N–H and O–H groups in total. The number of ether oxygens (including phenoxy) is 1. The van der Waals surface area contributed by atoms with Crippen molar-refractivity contribution in [3.05, 3.63) is 90.0 Å². The van der Waals surface area contributed by atoms with E-state index >= 15 is 0 Å². The summed E-state index contributed by atoms with van der Waals surface area (Å²) in [7, 11) is -2.58. The van der Waals surface area contributed by atoms with E-state index in [2.05, 4.69) is 5.32 Å². The van der Waals surface area contributed by atoms with E-state index in [9.17, 15) is 18.0 Å². The van der Waals surface area contributed by atoms with E-state index < -0.39 is 28.5 Å². The van der Waals surface area contributed by atoms with Crippen LogP contribution in [-0.4, -0.2) is 51.4 Å². The number of methoxy groups -OCH3 is 1. The van der Waals surface area contributed by atoms with Gasteiger partial charge >= 0.3 is 0 Å². The molecule has 8 nitrogen and oxygen atoms in total. The Kier molecular flexibility index (Phi) is 9.30. The van der Waals surface area contributed by atoms with Gasteiger partial charge in [-0.15, -0.1) is 0 Å². The molecule has 0 saturated heterocycles. The van der Waals surface area contributed by atoms with E-state index in [1.54, 1.807) is 56.3 Å². The van der Waals surface area contributed by atoms with Crippen molar-refractivity contribution in [2.45, 2.75) is 38.3 Å². The molecule has 0 bridgehead atoms. The van der Waals surface area contributed by atoms with Crippen molar-refractivity contribution in [1.82, 2.24) is 10.2 Å². The SMILES string of the molecule is CCNC(=O)[C@@H](C)N(Cc1cccc(C)c1)C(=O)CN(c1ccc(OC)cc1)S(=O)(=O)c1ccccc1. The van der Waals surface area contributed by atoms with E-state index in [1.807, 2.05) is 31.2 Å².